The first-order chi connectivity index (χ1) is 14.4. The van der Waals surface area contributed by atoms with Crippen molar-refractivity contribution in [3.63, 3.8) is 0 Å². The third-order valence-electron chi connectivity index (χ3n) is 6.55. The van der Waals surface area contributed by atoms with Crippen molar-refractivity contribution in [1.29, 1.82) is 0 Å². The molecule has 10 heteroatoms. The number of aromatic nitrogens is 7. The molecule has 0 amide bonds. The molecule has 0 radical (unpaired) electrons. The number of ketones is 1. The van der Waals surface area contributed by atoms with Gasteiger partial charge in [-0.15, -0.1) is 0 Å². The first kappa shape index (κ1) is 17.3. The minimum Gasteiger partial charge on any atom is -0.323 e. The third-order valence-corrected chi connectivity index (χ3v) is 6.55. The summed E-state index contributed by atoms with van der Waals surface area (Å²) < 4.78 is 5.03. The van der Waals surface area contributed by atoms with Crippen LogP contribution in [0.1, 0.15) is 37.3 Å². The number of rotatable bonds is 3. The van der Waals surface area contributed by atoms with Gasteiger partial charge in [-0.25, -0.2) is 19.3 Å². The highest BCUT2D eigenvalue weighted by Crippen LogP contribution is 2.58. The Morgan fingerprint density at radius 1 is 1.20 bits per heavy atom. The average Bonchev–Trinajstić information content (AvgIpc) is 3.20. The first-order valence-corrected chi connectivity index (χ1v) is 9.95. The van der Waals surface area contributed by atoms with Gasteiger partial charge in [0.1, 0.15) is 17.6 Å². The molecule has 2 aliphatic carbocycles. The molecule has 30 heavy (non-hydrogen) atoms. The summed E-state index contributed by atoms with van der Waals surface area (Å²) in [6.45, 7) is 1.97. The van der Waals surface area contributed by atoms with Gasteiger partial charge in [0.2, 0.25) is 5.95 Å². The van der Waals surface area contributed by atoms with Crippen LogP contribution in [0, 0.1) is 12.3 Å². The molecule has 6 rings (SSSR count). The van der Waals surface area contributed by atoms with E-state index in [-0.39, 0.29) is 17.1 Å². The Morgan fingerprint density at radius 2 is 2.00 bits per heavy atom. The number of anilines is 2. The minimum atomic E-state index is -0.0952. The Kier molecular flexibility index (Phi) is 3.31. The number of aryl methyl sites for hydroxylation is 2. The van der Waals surface area contributed by atoms with Crippen LogP contribution in [0.5, 0.6) is 0 Å². The molecular weight excluding hydrogens is 384 g/mol. The van der Waals surface area contributed by atoms with Gasteiger partial charge in [-0.3, -0.25) is 13.9 Å². The largest absolute Gasteiger partial charge is 0.330 e. The highest BCUT2D eigenvalue weighted by Gasteiger charge is 2.53. The Labute approximate surface area is 170 Å². The fraction of sp³-hybridized carbons (Fsp3) is 0.400. The topological polar surface area (TPSA) is 112 Å². The number of Topliss-reactive ketones (excluding diaryl/α,β-unsaturated/α-hetero) is 1. The molecule has 0 atom stereocenters. The normalized spacial score (nSPS) is 18.1. The van der Waals surface area contributed by atoms with Crippen LogP contribution >= 0.6 is 0 Å². The number of fused-ring (bicyclic) bond motifs is 2. The Bertz CT molecular complexity index is 1400. The number of imidazole rings is 1. The molecule has 0 aliphatic heterocycles. The van der Waals surface area contributed by atoms with Gasteiger partial charge in [0.25, 0.3) is 0 Å². The molecule has 2 saturated carbocycles. The lowest BCUT2D eigenvalue weighted by Gasteiger charge is -2.52. The summed E-state index contributed by atoms with van der Waals surface area (Å²) in [5.74, 6) is 0.740. The number of hydrogen-bond acceptors (Lipinski definition) is 7. The van der Waals surface area contributed by atoms with Crippen molar-refractivity contribution in [2.75, 3.05) is 5.32 Å². The van der Waals surface area contributed by atoms with Crippen molar-refractivity contribution in [3.05, 3.63) is 40.8 Å². The molecule has 1 spiro atoms. The summed E-state index contributed by atoms with van der Waals surface area (Å²) in [4.78, 5) is 37.6. The van der Waals surface area contributed by atoms with Crippen LogP contribution in [0.2, 0.25) is 0 Å². The highest BCUT2D eigenvalue weighted by atomic mass is 16.2. The molecule has 1 N–H and O–H groups in total. The summed E-state index contributed by atoms with van der Waals surface area (Å²) in [6.07, 6.45) is 8.02. The van der Waals surface area contributed by atoms with Crippen LogP contribution in [0.4, 0.5) is 11.6 Å². The van der Waals surface area contributed by atoms with Crippen LogP contribution in [0.25, 0.3) is 16.8 Å². The number of pyridine rings is 1. The van der Waals surface area contributed by atoms with Crippen LogP contribution < -0.4 is 11.0 Å². The van der Waals surface area contributed by atoms with Crippen molar-refractivity contribution in [2.24, 2.45) is 12.5 Å². The van der Waals surface area contributed by atoms with E-state index in [0.717, 1.165) is 29.7 Å². The summed E-state index contributed by atoms with van der Waals surface area (Å²) in [6, 6.07) is 2.00. The summed E-state index contributed by atoms with van der Waals surface area (Å²) in [7, 11) is 1.74. The zero-order valence-corrected chi connectivity index (χ0v) is 16.7. The standard InChI is InChI=1S/C20H20N8O2/c1-11-3-16-22-10-23-27(16)9-14(11)24-18-21-8-15-17(25-18)28(19(30)26(15)2)12-4-20(5-12)6-13(29)7-20/h3,8-10,12H,4-7H2,1-2H3,(H,21,24,25). The molecule has 0 bridgehead atoms. The second kappa shape index (κ2) is 5.74. The predicted octanol–water partition coefficient (Wildman–Crippen LogP) is 1.91. The molecule has 0 saturated heterocycles. The van der Waals surface area contributed by atoms with Crippen molar-refractivity contribution in [1.82, 2.24) is 33.7 Å². The number of hydrogen-bond donors (Lipinski definition) is 1. The lowest BCUT2D eigenvalue weighted by atomic mass is 9.53. The Morgan fingerprint density at radius 3 is 2.77 bits per heavy atom. The van der Waals surface area contributed by atoms with Crippen molar-refractivity contribution in [2.45, 2.75) is 38.6 Å². The average molecular weight is 404 g/mol. The molecule has 4 aromatic heterocycles. The van der Waals surface area contributed by atoms with E-state index in [9.17, 15) is 9.59 Å². The van der Waals surface area contributed by atoms with Crippen molar-refractivity contribution in [3.8, 4) is 0 Å². The number of carbonyl (C=O) groups is 1. The van der Waals surface area contributed by atoms with E-state index in [1.54, 1.807) is 26.9 Å². The van der Waals surface area contributed by atoms with Crippen LogP contribution in [-0.2, 0) is 11.8 Å². The Balaban J connectivity index is 1.37. The van der Waals surface area contributed by atoms with Crippen LogP contribution in [0.3, 0.4) is 0 Å². The lowest BCUT2D eigenvalue weighted by molar-refractivity contribution is -0.141. The number of carbonyl (C=O) groups excluding carboxylic acids is 1. The minimum absolute atomic E-state index is 0.0743. The molecule has 2 fully saturated rings. The SMILES string of the molecule is Cc1cc2ncnn2cc1Nc1ncc2c(n1)n(C1CC3(CC(=O)C3)C1)c(=O)n2C. The van der Waals surface area contributed by atoms with E-state index in [4.69, 9.17) is 0 Å². The second-order valence-corrected chi connectivity index (χ2v) is 8.63. The van der Waals surface area contributed by atoms with Gasteiger partial charge in [0, 0.05) is 25.9 Å². The Hall–Kier alpha value is -3.56. The van der Waals surface area contributed by atoms with Gasteiger partial charge in [0.05, 0.1) is 18.1 Å². The maximum atomic E-state index is 12.9. The molecule has 10 nitrogen and oxygen atoms in total. The van der Waals surface area contributed by atoms with Gasteiger partial charge in [0.15, 0.2) is 11.3 Å². The highest BCUT2D eigenvalue weighted by molar-refractivity contribution is 5.86. The second-order valence-electron chi connectivity index (χ2n) is 8.63. The predicted molar refractivity (Wildman–Crippen MR) is 109 cm³/mol. The first-order valence-electron chi connectivity index (χ1n) is 9.95. The summed E-state index contributed by atoms with van der Waals surface area (Å²) in [5, 5.41) is 7.41. The lowest BCUT2D eigenvalue weighted by Crippen LogP contribution is -2.50. The van der Waals surface area contributed by atoms with E-state index in [0.29, 0.717) is 35.7 Å². The summed E-state index contributed by atoms with van der Waals surface area (Å²) in [5.41, 5.74) is 3.89. The van der Waals surface area contributed by atoms with Gasteiger partial charge in [-0.05, 0) is 36.8 Å². The molecule has 0 aromatic carbocycles. The van der Waals surface area contributed by atoms with Gasteiger partial charge < -0.3 is 5.32 Å². The third kappa shape index (κ3) is 2.36. The summed E-state index contributed by atoms with van der Waals surface area (Å²) >= 11 is 0. The number of nitrogens with one attached hydrogen (secondary N) is 1. The molecule has 152 valence electrons. The van der Waals surface area contributed by atoms with Crippen molar-refractivity contribution < 1.29 is 4.79 Å². The van der Waals surface area contributed by atoms with Crippen LogP contribution in [0.15, 0.2) is 29.6 Å². The maximum absolute atomic E-state index is 12.9. The van der Waals surface area contributed by atoms with E-state index in [2.05, 4.69) is 25.4 Å². The zero-order chi connectivity index (χ0) is 20.6. The fourth-order valence-electron chi connectivity index (χ4n) is 4.93. The fourth-order valence-corrected chi connectivity index (χ4v) is 4.93. The molecule has 4 heterocycles. The van der Waals surface area contributed by atoms with Gasteiger partial charge in [-0.2, -0.15) is 10.1 Å². The van der Waals surface area contributed by atoms with Gasteiger partial charge in [-0.1, -0.05) is 0 Å². The molecule has 4 aromatic rings. The molecular formula is C20H20N8O2. The van der Waals surface area contributed by atoms with E-state index in [1.807, 2.05) is 19.2 Å². The van der Waals surface area contributed by atoms with E-state index < -0.39 is 0 Å². The number of nitrogens with zero attached hydrogens (tertiary/aromatic N) is 7. The molecule has 0 unspecified atom stereocenters. The maximum Gasteiger partial charge on any atom is 0.330 e. The zero-order valence-electron chi connectivity index (χ0n) is 16.7. The van der Waals surface area contributed by atoms with E-state index in [1.165, 1.54) is 6.33 Å². The van der Waals surface area contributed by atoms with Gasteiger partial charge >= 0.3 is 5.69 Å². The van der Waals surface area contributed by atoms with Crippen molar-refractivity contribution >= 4 is 34.2 Å². The smallest absolute Gasteiger partial charge is 0.323 e. The van der Waals surface area contributed by atoms with E-state index >= 15 is 0 Å². The quantitative estimate of drug-likeness (QED) is 0.555. The monoisotopic (exact) mass is 404 g/mol. The van der Waals surface area contributed by atoms with Crippen LogP contribution in [-0.4, -0.2) is 39.5 Å². The molecule has 2 aliphatic rings.